The fourth-order valence-corrected chi connectivity index (χ4v) is 3.92. The number of hydrogen-bond acceptors (Lipinski definition) is 3. The smallest absolute Gasteiger partial charge is 0.335 e. The van der Waals surface area contributed by atoms with Gasteiger partial charge in [-0.25, -0.2) is 4.79 Å². The van der Waals surface area contributed by atoms with E-state index in [1.807, 2.05) is 30.4 Å². The van der Waals surface area contributed by atoms with Crippen LogP contribution in [-0.4, -0.2) is 22.7 Å². The van der Waals surface area contributed by atoms with E-state index < -0.39 is 5.97 Å². The number of carbonyl (C=O) groups is 2. The summed E-state index contributed by atoms with van der Waals surface area (Å²) in [6.45, 7) is 1.76. The van der Waals surface area contributed by atoms with Crippen LogP contribution in [0.1, 0.15) is 29.3 Å². The number of hydrazone groups is 1. The van der Waals surface area contributed by atoms with E-state index in [2.05, 4.69) is 5.10 Å². The Morgan fingerprint density at radius 1 is 1.13 bits per heavy atom. The Bertz CT molecular complexity index is 1190. The highest BCUT2D eigenvalue weighted by Crippen LogP contribution is 2.33. The van der Waals surface area contributed by atoms with Gasteiger partial charge in [0, 0.05) is 10.0 Å². The maximum Gasteiger partial charge on any atom is 0.335 e. The minimum atomic E-state index is -1.06. The van der Waals surface area contributed by atoms with Crippen molar-refractivity contribution in [3.63, 3.8) is 0 Å². The van der Waals surface area contributed by atoms with Crippen LogP contribution in [0.3, 0.4) is 0 Å². The van der Waals surface area contributed by atoms with E-state index in [9.17, 15) is 14.7 Å². The highest BCUT2D eigenvalue weighted by Gasteiger charge is 2.29. The first-order valence-corrected chi connectivity index (χ1v) is 9.89. The summed E-state index contributed by atoms with van der Waals surface area (Å²) in [7, 11) is 0. The van der Waals surface area contributed by atoms with Crippen LogP contribution < -0.4 is 5.01 Å². The van der Waals surface area contributed by atoms with Crippen molar-refractivity contribution in [2.45, 2.75) is 13.3 Å². The van der Waals surface area contributed by atoms with Crippen LogP contribution in [-0.2, 0) is 4.79 Å². The maximum atomic E-state index is 12.9. The predicted octanol–water partition coefficient (Wildman–Crippen LogP) is 5.75. The number of allylic oxidation sites excluding steroid dienone is 5. The van der Waals surface area contributed by atoms with Gasteiger partial charge in [0.2, 0.25) is 0 Å². The molecule has 30 heavy (non-hydrogen) atoms. The van der Waals surface area contributed by atoms with E-state index >= 15 is 0 Å². The summed E-state index contributed by atoms with van der Waals surface area (Å²) < 4.78 is 0. The molecule has 2 aromatic carbocycles. The van der Waals surface area contributed by atoms with Crippen molar-refractivity contribution in [3.05, 3.63) is 93.0 Å². The number of aromatic carboxylic acids is 1. The Balaban J connectivity index is 1.54. The average Bonchev–Trinajstić information content (AvgIpc) is 3.28. The molecule has 1 aliphatic carbocycles. The molecule has 0 radical (unpaired) electrons. The fourth-order valence-electron chi connectivity index (χ4n) is 3.40. The number of halogens is 2. The number of nitrogens with zero attached hydrogens (tertiary/aromatic N) is 2. The van der Waals surface area contributed by atoms with Crippen molar-refractivity contribution in [2.24, 2.45) is 5.10 Å². The second-order valence-corrected chi connectivity index (χ2v) is 7.86. The minimum absolute atomic E-state index is 0.0955. The van der Waals surface area contributed by atoms with E-state index in [-0.39, 0.29) is 11.5 Å². The van der Waals surface area contributed by atoms with Crippen LogP contribution >= 0.6 is 23.2 Å². The van der Waals surface area contributed by atoms with E-state index in [0.29, 0.717) is 33.4 Å². The number of carbonyl (C=O) groups excluding carboxylic acids is 1. The summed E-state index contributed by atoms with van der Waals surface area (Å²) >= 11 is 12.2. The third-order valence-electron chi connectivity index (χ3n) is 4.86. The number of carboxylic acid groups (broad SMARTS) is 1. The van der Waals surface area contributed by atoms with Crippen molar-refractivity contribution >= 4 is 52.1 Å². The molecule has 1 heterocycles. The zero-order chi connectivity index (χ0) is 21.4. The molecule has 0 saturated heterocycles. The van der Waals surface area contributed by atoms with Gasteiger partial charge in [-0.3, -0.25) is 4.79 Å². The lowest BCUT2D eigenvalue weighted by molar-refractivity contribution is -0.114. The first-order chi connectivity index (χ1) is 14.3. The van der Waals surface area contributed by atoms with Gasteiger partial charge in [-0.15, -0.1) is 0 Å². The standard InChI is InChI=1S/C23H16Cl2N2O3/c1-13-21(22(28)27(26-13)20-4-2-3-16(11-20)23(29)30)8-14-5-6-15(7-14)17-9-18(24)12-19(25)10-17/h2-6,8-12H,7H2,1H3,(H,29,30)/b21-8+. The molecule has 1 N–H and O–H groups in total. The second-order valence-electron chi connectivity index (χ2n) is 6.98. The van der Waals surface area contributed by atoms with Crippen molar-refractivity contribution in [3.8, 4) is 0 Å². The minimum Gasteiger partial charge on any atom is -0.478 e. The molecular weight excluding hydrogens is 423 g/mol. The van der Waals surface area contributed by atoms with Gasteiger partial charge in [-0.1, -0.05) is 41.4 Å². The second kappa shape index (κ2) is 7.94. The van der Waals surface area contributed by atoms with Crippen LogP contribution in [0.5, 0.6) is 0 Å². The van der Waals surface area contributed by atoms with Gasteiger partial charge in [0.15, 0.2) is 0 Å². The molecule has 2 aliphatic rings. The van der Waals surface area contributed by atoms with Gasteiger partial charge in [-0.2, -0.15) is 10.1 Å². The van der Waals surface area contributed by atoms with E-state index in [1.165, 1.54) is 17.1 Å². The third kappa shape index (κ3) is 3.95. The molecular formula is C23H16Cl2N2O3. The highest BCUT2D eigenvalue weighted by atomic mass is 35.5. The largest absolute Gasteiger partial charge is 0.478 e. The number of rotatable bonds is 4. The van der Waals surface area contributed by atoms with Gasteiger partial charge >= 0.3 is 5.97 Å². The molecule has 0 aromatic heterocycles. The van der Waals surface area contributed by atoms with Gasteiger partial charge in [0.05, 0.1) is 22.5 Å². The number of anilines is 1. The summed E-state index contributed by atoms with van der Waals surface area (Å²) in [4.78, 5) is 24.2. The predicted molar refractivity (Wildman–Crippen MR) is 119 cm³/mol. The summed E-state index contributed by atoms with van der Waals surface area (Å²) in [5.41, 5.74) is 4.50. The van der Waals surface area contributed by atoms with Crippen molar-refractivity contribution in [1.82, 2.24) is 0 Å². The van der Waals surface area contributed by atoms with Crippen LogP contribution in [0.25, 0.3) is 5.57 Å². The Kier molecular flexibility index (Phi) is 5.33. The lowest BCUT2D eigenvalue weighted by Crippen LogP contribution is -2.21. The zero-order valence-electron chi connectivity index (χ0n) is 15.9. The summed E-state index contributed by atoms with van der Waals surface area (Å²) in [6.07, 6.45) is 6.38. The number of hydrogen-bond donors (Lipinski definition) is 1. The first-order valence-electron chi connectivity index (χ1n) is 9.13. The molecule has 150 valence electrons. The fraction of sp³-hybridized carbons (Fsp3) is 0.0870. The number of carboxylic acids is 1. The Morgan fingerprint density at radius 2 is 1.87 bits per heavy atom. The van der Waals surface area contributed by atoms with Gasteiger partial charge in [0.1, 0.15) is 0 Å². The Labute approximate surface area is 183 Å². The van der Waals surface area contributed by atoms with Gasteiger partial charge in [0.25, 0.3) is 5.91 Å². The van der Waals surface area contributed by atoms with Crippen LogP contribution in [0, 0.1) is 0 Å². The molecule has 0 spiro atoms. The van der Waals surface area contributed by atoms with E-state index in [4.69, 9.17) is 23.2 Å². The third-order valence-corrected chi connectivity index (χ3v) is 5.29. The number of benzene rings is 2. The highest BCUT2D eigenvalue weighted by molar-refractivity contribution is 6.35. The lowest BCUT2D eigenvalue weighted by atomic mass is 10.0. The molecule has 4 rings (SSSR count). The molecule has 1 aliphatic heterocycles. The maximum absolute atomic E-state index is 12.9. The van der Waals surface area contributed by atoms with Crippen molar-refractivity contribution in [1.29, 1.82) is 0 Å². The zero-order valence-corrected chi connectivity index (χ0v) is 17.4. The summed E-state index contributed by atoms with van der Waals surface area (Å²) in [5.74, 6) is -1.36. The quantitative estimate of drug-likeness (QED) is 0.617. The van der Waals surface area contributed by atoms with Gasteiger partial charge in [-0.05, 0) is 72.5 Å². The average molecular weight is 439 g/mol. The summed E-state index contributed by atoms with van der Waals surface area (Å²) in [5, 5.41) is 15.9. The Hall–Kier alpha value is -3.15. The first kappa shape index (κ1) is 20.1. The van der Waals surface area contributed by atoms with E-state index in [0.717, 1.165) is 16.7 Å². The van der Waals surface area contributed by atoms with Crippen molar-refractivity contribution in [2.75, 3.05) is 5.01 Å². The molecule has 7 heteroatoms. The van der Waals surface area contributed by atoms with Crippen LogP contribution in [0.2, 0.25) is 10.0 Å². The summed E-state index contributed by atoms with van der Waals surface area (Å²) in [6, 6.07) is 11.5. The van der Waals surface area contributed by atoms with E-state index in [1.54, 1.807) is 25.1 Å². The van der Waals surface area contributed by atoms with Crippen LogP contribution in [0.15, 0.2) is 76.9 Å². The van der Waals surface area contributed by atoms with Crippen LogP contribution in [0.4, 0.5) is 5.69 Å². The molecule has 0 atom stereocenters. The number of amides is 1. The molecule has 0 bridgehead atoms. The molecule has 0 saturated carbocycles. The SMILES string of the molecule is CC1=NN(c2cccc(C(=O)O)c2)C(=O)/C1=C/C1=CC=C(c2cc(Cl)cc(Cl)c2)C1. The molecule has 0 fully saturated rings. The molecule has 1 amide bonds. The lowest BCUT2D eigenvalue weighted by Gasteiger charge is -2.12. The topological polar surface area (TPSA) is 70.0 Å². The monoisotopic (exact) mass is 438 g/mol. The molecule has 2 aromatic rings. The normalized spacial score (nSPS) is 17.3. The van der Waals surface area contributed by atoms with Crippen molar-refractivity contribution < 1.29 is 14.7 Å². The van der Waals surface area contributed by atoms with Gasteiger partial charge < -0.3 is 5.11 Å². The Morgan fingerprint density at radius 3 is 2.57 bits per heavy atom. The molecule has 0 unspecified atom stereocenters. The molecule has 5 nitrogen and oxygen atoms in total.